The van der Waals surface area contributed by atoms with Gasteiger partial charge in [0.15, 0.2) is 6.61 Å². The summed E-state index contributed by atoms with van der Waals surface area (Å²) in [7, 11) is 0. The number of allylic oxidation sites excluding steroid dienone is 2. The number of hydrogen-bond donors (Lipinski definition) is 1. The van der Waals surface area contributed by atoms with Crippen molar-refractivity contribution in [2.45, 2.75) is 18.9 Å². The molecular formula is C28H26N2O5. The van der Waals surface area contributed by atoms with E-state index >= 15 is 0 Å². The molecule has 7 heteroatoms. The molecule has 2 saturated carbocycles. The summed E-state index contributed by atoms with van der Waals surface area (Å²) in [6, 6.07) is 17.0. The number of likely N-dealkylation sites (tertiary alicyclic amines) is 1. The van der Waals surface area contributed by atoms with Gasteiger partial charge >= 0.3 is 5.97 Å². The molecule has 3 amide bonds. The van der Waals surface area contributed by atoms with Crippen molar-refractivity contribution in [3.63, 3.8) is 0 Å². The van der Waals surface area contributed by atoms with Crippen molar-refractivity contribution in [3.8, 4) is 0 Å². The molecule has 178 valence electrons. The second kappa shape index (κ2) is 8.48. The van der Waals surface area contributed by atoms with Crippen LogP contribution in [0.15, 0.2) is 72.8 Å². The molecule has 0 radical (unpaired) electrons. The fourth-order valence-corrected chi connectivity index (χ4v) is 6.36. The second-order valence-electron chi connectivity index (χ2n) is 9.93. The monoisotopic (exact) mass is 470 g/mol. The molecule has 5 aliphatic rings. The quantitative estimate of drug-likeness (QED) is 0.382. The first-order valence-corrected chi connectivity index (χ1v) is 12.1. The van der Waals surface area contributed by atoms with E-state index < -0.39 is 36.4 Å². The maximum absolute atomic E-state index is 13.6. The zero-order valence-electron chi connectivity index (χ0n) is 19.1. The first-order chi connectivity index (χ1) is 17.0. The Hall–Kier alpha value is -3.74. The van der Waals surface area contributed by atoms with Crippen LogP contribution in [-0.4, -0.2) is 41.2 Å². The Kier molecular flexibility index (Phi) is 5.28. The van der Waals surface area contributed by atoms with Crippen LogP contribution in [0.1, 0.15) is 12.0 Å². The van der Waals surface area contributed by atoms with Gasteiger partial charge in [-0.15, -0.1) is 0 Å². The van der Waals surface area contributed by atoms with Crippen molar-refractivity contribution in [2.24, 2.45) is 35.5 Å². The highest BCUT2D eigenvalue weighted by Gasteiger charge is 2.68. The molecular weight excluding hydrogens is 444 g/mol. The predicted octanol–water partition coefficient (Wildman–Crippen LogP) is 2.83. The van der Waals surface area contributed by atoms with Gasteiger partial charge < -0.3 is 10.1 Å². The summed E-state index contributed by atoms with van der Waals surface area (Å²) in [6.07, 6.45) is 5.43. The molecule has 7 atom stereocenters. The molecule has 1 N–H and O–H groups in total. The van der Waals surface area contributed by atoms with Gasteiger partial charge in [0.05, 0.1) is 11.8 Å². The number of nitrogens with one attached hydrogen (secondary N) is 1. The molecule has 7 nitrogen and oxygen atoms in total. The van der Waals surface area contributed by atoms with Crippen molar-refractivity contribution in [1.82, 2.24) is 4.90 Å². The van der Waals surface area contributed by atoms with Crippen LogP contribution in [0.2, 0.25) is 0 Å². The number of anilines is 1. The summed E-state index contributed by atoms with van der Waals surface area (Å²) < 4.78 is 5.36. The molecule has 3 fully saturated rings. The molecule has 4 aliphatic carbocycles. The molecule has 1 aliphatic heterocycles. The zero-order chi connectivity index (χ0) is 24.1. The zero-order valence-corrected chi connectivity index (χ0v) is 19.1. The number of hydrogen-bond acceptors (Lipinski definition) is 5. The Balaban J connectivity index is 1.22. The van der Waals surface area contributed by atoms with Gasteiger partial charge in [0, 0.05) is 12.1 Å². The molecule has 1 heterocycles. The van der Waals surface area contributed by atoms with Crippen LogP contribution in [0.4, 0.5) is 5.69 Å². The van der Waals surface area contributed by atoms with E-state index in [4.69, 9.17) is 4.74 Å². The van der Waals surface area contributed by atoms with Crippen molar-refractivity contribution in [2.75, 3.05) is 11.9 Å². The van der Waals surface area contributed by atoms with E-state index in [-0.39, 0.29) is 30.1 Å². The maximum Gasteiger partial charge on any atom is 0.330 e. The minimum Gasteiger partial charge on any atom is -0.454 e. The number of benzene rings is 2. The summed E-state index contributed by atoms with van der Waals surface area (Å²) in [5, 5.41) is 2.67. The third-order valence-corrected chi connectivity index (χ3v) is 7.96. The number of amides is 3. The van der Waals surface area contributed by atoms with E-state index in [0.717, 1.165) is 16.9 Å². The van der Waals surface area contributed by atoms with Gasteiger partial charge in [0.2, 0.25) is 11.8 Å². The lowest BCUT2D eigenvalue weighted by atomic mass is 9.63. The average Bonchev–Trinajstić information content (AvgIpc) is 3.66. The molecule has 1 saturated heterocycles. The summed E-state index contributed by atoms with van der Waals surface area (Å²) in [5.74, 6) is -1.49. The number of esters is 1. The van der Waals surface area contributed by atoms with Gasteiger partial charge in [0.1, 0.15) is 6.04 Å². The van der Waals surface area contributed by atoms with Crippen LogP contribution in [0.3, 0.4) is 0 Å². The van der Waals surface area contributed by atoms with Crippen LogP contribution in [0, 0.1) is 35.5 Å². The predicted molar refractivity (Wildman–Crippen MR) is 127 cm³/mol. The summed E-state index contributed by atoms with van der Waals surface area (Å²) in [4.78, 5) is 54.0. The SMILES string of the molecule is O=C(COC(=O)[C@@H](Cc1ccccc1)N1C(=O)[C@H]2[C@@H]3C=C[C@H]([C@H]4C[C@H]34)[C@@H]2C1=O)Nc1ccccc1. The Morgan fingerprint density at radius 3 is 2.06 bits per heavy atom. The van der Waals surface area contributed by atoms with Crippen molar-refractivity contribution < 1.29 is 23.9 Å². The molecule has 2 aromatic carbocycles. The van der Waals surface area contributed by atoms with Crippen molar-refractivity contribution >= 4 is 29.4 Å². The van der Waals surface area contributed by atoms with Gasteiger partial charge in [0.25, 0.3) is 5.91 Å². The minimum atomic E-state index is -1.11. The fourth-order valence-electron chi connectivity index (χ4n) is 6.36. The van der Waals surface area contributed by atoms with E-state index in [1.54, 1.807) is 24.3 Å². The van der Waals surface area contributed by atoms with Gasteiger partial charge in [-0.2, -0.15) is 0 Å². The molecule has 7 rings (SSSR count). The highest BCUT2D eigenvalue weighted by molar-refractivity contribution is 6.09. The average molecular weight is 471 g/mol. The molecule has 2 bridgehead atoms. The van der Waals surface area contributed by atoms with Gasteiger partial charge in [-0.3, -0.25) is 19.3 Å². The van der Waals surface area contributed by atoms with E-state index in [1.807, 2.05) is 36.4 Å². The highest BCUT2D eigenvalue weighted by Crippen LogP contribution is 2.65. The number of carbonyl (C=O) groups is 4. The molecule has 0 aromatic heterocycles. The standard InChI is InChI=1S/C28H26N2O5/c31-23(29-17-9-5-2-6-10-17)15-35-28(34)22(13-16-7-3-1-4-8-16)30-26(32)24-18-11-12-19(21-14-20(18)21)25(24)27(30)33/h1-12,18-22,24-25H,13-15H2,(H,29,31)/t18-,19-,20-,21-,22-,24+,25+/m1/s1. The molecule has 2 aromatic rings. The molecule has 35 heavy (non-hydrogen) atoms. The molecule has 0 spiro atoms. The number of carbonyl (C=O) groups excluding carboxylic acids is 4. The number of rotatable bonds is 7. The summed E-state index contributed by atoms with van der Waals surface area (Å²) in [5.41, 5.74) is 1.40. The Morgan fingerprint density at radius 1 is 0.886 bits per heavy atom. The van der Waals surface area contributed by atoms with Gasteiger partial charge in [-0.25, -0.2) is 4.79 Å². The van der Waals surface area contributed by atoms with E-state index in [1.165, 1.54) is 0 Å². The van der Waals surface area contributed by atoms with Gasteiger partial charge in [-0.1, -0.05) is 60.7 Å². The number of ether oxygens (including phenoxy) is 1. The molecule has 0 unspecified atom stereocenters. The van der Waals surface area contributed by atoms with Crippen LogP contribution in [-0.2, 0) is 30.3 Å². The summed E-state index contributed by atoms with van der Waals surface area (Å²) >= 11 is 0. The van der Waals surface area contributed by atoms with Crippen LogP contribution in [0.5, 0.6) is 0 Å². The van der Waals surface area contributed by atoms with Crippen LogP contribution >= 0.6 is 0 Å². The van der Waals surface area contributed by atoms with Crippen molar-refractivity contribution in [3.05, 3.63) is 78.4 Å². The Morgan fingerprint density at radius 2 is 1.46 bits per heavy atom. The van der Waals surface area contributed by atoms with E-state index in [0.29, 0.717) is 17.5 Å². The highest BCUT2D eigenvalue weighted by atomic mass is 16.5. The maximum atomic E-state index is 13.6. The Labute approximate surface area is 203 Å². The fraction of sp³-hybridized carbons (Fsp3) is 0.357. The van der Waals surface area contributed by atoms with E-state index in [9.17, 15) is 19.2 Å². The lowest BCUT2D eigenvalue weighted by Crippen LogP contribution is -2.48. The van der Waals surface area contributed by atoms with E-state index in [2.05, 4.69) is 17.5 Å². The second-order valence-corrected chi connectivity index (χ2v) is 9.93. The summed E-state index contributed by atoms with van der Waals surface area (Å²) in [6.45, 7) is -0.501. The normalized spacial score (nSPS) is 30.5. The lowest BCUT2D eigenvalue weighted by molar-refractivity contribution is -0.160. The largest absolute Gasteiger partial charge is 0.454 e. The first-order valence-electron chi connectivity index (χ1n) is 12.1. The number of nitrogens with zero attached hydrogens (tertiary/aromatic N) is 1. The topological polar surface area (TPSA) is 92.8 Å². The number of para-hydroxylation sites is 1. The minimum absolute atomic E-state index is 0.0708. The number of imide groups is 1. The van der Waals surface area contributed by atoms with Crippen LogP contribution in [0.25, 0.3) is 0 Å². The van der Waals surface area contributed by atoms with Crippen molar-refractivity contribution in [1.29, 1.82) is 0 Å². The lowest BCUT2D eigenvalue weighted by Gasteiger charge is -2.37. The Bertz CT molecular complexity index is 1170. The van der Waals surface area contributed by atoms with Crippen LogP contribution < -0.4 is 5.32 Å². The van der Waals surface area contributed by atoms with Gasteiger partial charge in [-0.05, 0) is 47.8 Å². The third kappa shape index (κ3) is 3.75. The first kappa shape index (κ1) is 21.8. The smallest absolute Gasteiger partial charge is 0.330 e. The third-order valence-electron chi connectivity index (χ3n) is 7.96.